The molecular weight excluding hydrogens is 248 g/mol. The molecule has 1 aromatic heterocycles. The van der Waals surface area contributed by atoms with E-state index in [1.807, 2.05) is 6.20 Å². The summed E-state index contributed by atoms with van der Waals surface area (Å²) in [7, 11) is 0. The van der Waals surface area contributed by atoms with Crippen molar-refractivity contribution >= 4 is 5.95 Å². The normalized spacial score (nSPS) is 23.1. The molecule has 1 unspecified atom stereocenters. The topological polar surface area (TPSA) is 33.1 Å². The highest BCUT2D eigenvalue weighted by molar-refractivity contribution is 5.28. The third-order valence-corrected chi connectivity index (χ3v) is 4.88. The van der Waals surface area contributed by atoms with E-state index in [1.165, 1.54) is 58.0 Å². The van der Waals surface area contributed by atoms with Gasteiger partial charge in [-0.3, -0.25) is 4.90 Å². The summed E-state index contributed by atoms with van der Waals surface area (Å²) in [5.41, 5.74) is 0. The van der Waals surface area contributed by atoms with Gasteiger partial charge in [-0.25, -0.2) is 4.98 Å². The second kappa shape index (κ2) is 6.61. The molecule has 4 heteroatoms. The van der Waals surface area contributed by atoms with Crippen LogP contribution in [0.3, 0.4) is 0 Å². The van der Waals surface area contributed by atoms with Gasteiger partial charge >= 0.3 is 0 Å². The molecule has 2 heterocycles. The predicted molar refractivity (Wildman–Crippen MR) is 83.0 cm³/mol. The molecule has 1 aromatic rings. The molecule has 0 amide bonds. The van der Waals surface area contributed by atoms with E-state index in [4.69, 9.17) is 0 Å². The average Bonchev–Trinajstić information content (AvgIpc) is 3.13. The SMILES string of the molecule is CC(Cn1ccnc1NC1CCCC1)N1CCCCC1. The second-order valence-corrected chi connectivity index (χ2v) is 6.47. The summed E-state index contributed by atoms with van der Waals surface area (Å²) < 4.78 is 2.30. The van der Waals surface area contributed by atoms with Gasteiger partial charge in [0.05, 0.1) is 0 Å². The smallest absolute Gasteiger partial charge is 0.203 e. The largest absolute Gasteiger partial charge is 0.353 e. The molecule has 2 aliphatic rings. The van der Waals surface area contributed by atoms with Gasteiger partial charge in [0.15, 0.2) is 0 Å². The number of likely N-dealkylation sites (tertiary alicyclic amines) is 1. The van der Waals surface area contributed by atoms with Crippen molar-refractivity contribution in [3.8, 4) is 0 Å². The Morgan fingerprint density at radius 1 is 1.20 bits per heavy atom. The van der Waals surface area contributed by atoms with Crippen molar-refractivity contribution in [3.05, 3.63) is 12.4 Å². The van der Waals surface area contributed by atoms with Crippen LogP contribution >= 0.6 is 0 Å². The van der Waals surface area contributed by atoms with Crippen molar-refractivity contribution in [2.75, 3.05) is 18.4 Å². The molecule has 3 rings (SSSR count). The number of piperidine rings is 1. The van der Waals surface area contributed by atoms with Crippen molar-refractivity contribution in [1.82, 2.24) is 14.5 Å². The first-order valence-corrected chi connectivity index (χ1v) is 8.34. The number of nitrogens with zero attached hydrogens (tertiary/aromatic N) is 3. The fourth-order valence-corrected chi connectivity index (χ4v) is 3.61. The molecule has 1 atom stereocenters. The van der Waals surface area contributed by atoms with Gasteiger partial charge < -0.3 is 9.88 Å². The van der Waals surface area contributed by atoms with Gasteiger partial charge in [-0.2, -0.15) is 0 Å². The quantitative estimate of drug-likeness (QED) is 0.897. The average molecular weight is 276 g/mol. The molecule has 0 bridgehead atoms. The van der Waals surface area contributed by atoms with Crippen LogP contribution in [0.5, 0.6) is 0 Å². The molecule has 1 N–H and O–H groups in total. The Hall–Kier alpha value is -1.03. The molecule has 0 aromatic carbocycles. The lowest BCUT2D eigenvalue weighted by Crippen LogP contribution is -2.39. The molecule has 20 heavy (non-hydrogen) atoms. The molecule has 1 aliphatic heterocycles. The Labute approximate surface area is 122 Å². The number of nitrogens with one attached hydrogen (secondary N) is 1. The van der Waals surface area contributed by atoms with E-state index in [9.17, 15) is 0 Å². The lowest BCUT2D eigenvalue weighted by Gasteiger charge is -2.32. The van der Waals surface area contributed by atoms with Crippen LogP contribution in [0.2, 0.25) is 0 Å². The van der Waals surface area contributed by atoms with Gasteiger partial charge in [0, 0.05) is 31.0 Å². The maximum absolute atomic E-state index is 4.51. The Kier molecular flexibility index (Phi) is 4.61. The third-order valence-electron chi connectivity index (χ3n) is 4.88. The number of anilines is 1. The highest BCUT2D eigenvalue weighted by Crippen LogP contribution is 2.22. The first kappa shape index (κ1) is 13.9. The lowest BCUT2D eigenvalue weighted by molar-refractivity contribution is 0.160. The zero-order valence-electron chi connectivity index (χ0n) is 12.7. The predicted octanol–water partition coefficient (Wildman–Crippen LogP) is 3.11. The van der Waals surface area contributed by atoms with Crippen molar-refractivity contribution in [3.63, 3.8) is 0 Å². The summed E-state index contributed by atoms with van der Waals surface area (Å²) in [4.78, 5) is 7.14. The Bertz CT molecular complexity index is 402. The van der Waals surface area contributed by atoms with E-state index in [1.54, 1.807) is 0 Å². The summed E-state index contributed by atoms with van der Waals surface area (Å²) in [5, 5.41) is 3.63. The minimum absolute atomic E-state index is 0.605. The number of aromatic nitrogens is 2. The molecule has 1 saturated carbocycles. The summed E-state index contributed by atoms with van der Waals surface area (Å²) in [5.74, 6) is 1.07. The molecule has 1 aliphatic carbocycles. The van der Waals surface area contributed by atoms with E-state index in [-0.39, 0.29) is 0 Å². The number of hydrogen-bond donors (Lipinski definition) is 1. The molecule has 0 radical (unpaired) electrons. The summed E-state index contributed by atoms with van der Waals surface area (Å²) in [6.07, 6.45) is 13.5. The fourth-order valence-electron chi connectivity index (χ4n) is 3.61. The van der Waals surface area contributed by atoms with Gasteiger partial charge in [0.1, 0.15) is 0 Å². The number of rotatable bonds is 5. The van der Waals surface area contributed by atoms with Crippen LogP contribution in [-0.4, -0.2) is 39.6 Å². The van der Waals surface area contributed by atoms with Gasteiger partial charge in [0.2, 0.25) is 5.95 Å². The molecule has 1 saturated heterocycles. The summed E-state index contributed by atoms with van der Waals surface area (Å²) >= 11 is 0. The molecular formula is C16H28N4. The highest BCUT2D eigenvalue weighted by atomic mass is 15.2. The molecule has 0 spiro atoms. The maximum Gasteiger partial charge on any atom is 0.203 e. The Balaban J connectivity index is 1.57. The molecule has 112 valence electrons. The van der Waals surface area contributed by atoms with Crippen molar-refractivity contribution in [2.24, 2.45) is 0 Å². The van der Waals surface area contributed by atoms with E-state index in [2.05, 4.69) is 32.9 Å². The summed E-state index contributed by atoms with van der Waals surface area (Å²) in [6.45, 7) is 5.93. The van der Waals surface area contributed by atoms with Crippen LogP contribution < -0.4 is 5.32 Å². The van der Waals surface area contributed by atoms with Crippen LogP contribution in [0.15, 0.2) is 12.4 Å². The van der Waals surface area contributed by atoms with E-state index in [0.717, 1.165) is 12.5 Å². The Morgan fingerprint density at radius 3 is 2.70 bits per heavy atom. The van der Waals surface area contributed by atoms with E-state index >= 15 is 0 Å². The second-order valence-electron chi connectivity index (χ2n) is 6.47. The van der Waals surface area contributed by atoms with Crippen molar-refractivity contribution in [2.45, 2.75) is 70.5 Å². The van der Waals surface area contributed by atoms with Crippen LogP contribution in [-0.2, 0) is 6.54 Å². The maximum atomic E-state index is 4.51. The number of hydrogen-bond acceptors (Lipinski definition) is 3. The zero-order chi connectivity index (χ0) is 13.8. The van der Waals surface area contributed by atoms with Crippen LogP contribution in [0.25, 0.3) is 0 Å². The van der Waals surface area contributed by atoms with Gasteiger partial charge in [-0.15, -0.1) is 0 Å². The third kappa shape index (κ3) is 3.35. The van der Waals surface area contributed by atoms with Gasteiger partial charge in [0.25, 0.3) is 0 Å². The monoisotopic (exact) mass is 276 g/mol. The molecule has 2 fully saturated rings. The standard InChI is InChI=1S/C16H28N4/c1-14(19-10-5-2-6-11-19)13-20-12-9-17-16(20)18-15-7-3-4-8-15/h9,12,14-15H,2-8,10-11,13H2,1H3,(H,17,18). The first-order chi connectivity index (χ1) is 9.83. The zero-order valence-corrected chi connectivity index (χ0v) is 12.7. The minimum atomic E-state index is 0.605. The van der Waals surface area contributed by atoms with Gasteiger partial charge in [-0.05, 0) is 45.7 Å². The van der Waals surface area contributed by atoms with Crippen molar-refractivity contribution in [1.29, 1.82) is 0 Å². The van der Waals surface area contributed by atoms with Crippen molar-refractivity contribution < 1.29 is 0 Å². The van der Waals surface area contributed by atoms with Crippen LogP contribution in [0.4, 0.5) is 5.95 Å². The van der Waals surface area contributed by atoms with Crippen LogP contribution in [0.1, 0.15) is 51.9 Å². The van der Waals surface area contributed by atoms with E-state index in [0.29, 0.717) is 12.1 Å². The van der Waals surface area contributed by atoms with Gasteiger partial charge in [-0.1, -0.05) is 19.3 Å². The number of imidazole rings is 1. The highest BCUT2D eigenvalue weighted by Gasteiger charge is 2.20. The lowest BCUT2D eigenvalue weighted by atomic mass is 10.1. The van der Waals surface area contributed by atoms with E-state index < -0.39 is 0 Å². The first-order valence-electron chi connectivity index (χ1n) is 8.34. The summed E-state index contributed by atoms with van der Waals surface area (Å²) in [6, 6.07) is 1.25. The van der Waals surface area contributed by atoms with Crippen LogP contribution in [0, 0.1) is 0 Å². The minimum Gasteiger partial charge on any atom is -0.353 e. The molecule has 4 nitrogen and oxygen atoms in total. The Morgan fingerprint density at radius 2 is 1.95 bits per heavy atom. The fraction of sp³-hybridized carbons (Fsp3) is 0.812.